The van der Waals surface area contributed by atoms with Crippen molar-refractivity contribution in [3.8, 4) is 11.4 Å². The van der Waals surface area contributed by atoms with Gasteiger partial charge in [0, 0.05) is 29.6 Å². The van der Waals surface area contributed by atoms with Gasteiger partial charge >= 0.3 is 0 Å². The topological polar surface area (TPSA) is 96.1 Å². The summed E-state index contributed by atoms with van der Waals surface area (Å²) in [6.45, 7) is 5.07. The standard InChI is InChI=1S/C18H22N4O3/c1-3-13-10-15(23)22-17(20-13)12-5-4-6-14(9-12)21-18(24)16-11(2)25-8-7-19-16/h4-6,9-11,16,19H,3,7-8H2,1-2H3,(H,21,24)(H,20,22,23)/t11-,16+/m1/s1. The molecule has 25 heavy (non-hydrogen) atoms. The molecule has 2 aromatic rings. The van der Waals surface area contributed by atoms with Crippen LogP contribution in [0.25, 0.3) is 11.4 Å². The molecule has 3 N–H and O–H groups in total. The molecule has 1 aromatic heterocycles. The Morgan fingerprint density at radius 1 is 1.40 bits per heavy atom. The molecular formula is C18H22N4O3. The summed E-state index contributed by atoms with van der Waals surface area (Å²) >= 11 is 0. The van der Waals surface area contributed by atoms with Crippen LogP contribution >= 0.6 is 0 Å². The Balaban J connectivity index is 1.81. The van der Waals surface area contributed by atoms with E-state index in [1.54, 1.807) is 12.1 Å². The van der Waals surface area contributed by atoms with Crippen LogP contribution in [0.15, 0.2) is 35.1 Å². The lowest BCUT2D eigenvalue weighted by molar-refractivity contribution is -0.123. The highest BCUT2D eigenvalue weighted by atomic mass is 16.5. The predicted molar refractivity (Wildman–Crippen MR) is 95.5 cm³/mol. The van der Waals surface area contributed by atoms with Gasteiger partial charge in [-0.05, 0) is 25.5 Å². The third-order valence-corrected chi connectivity index (χ3v) is 4.16. The average Bonchev–Trinajstić information content (AvgIpc) is 2.61. The monoisotopic (exact) mass is 342 g/mol. The van der Waals surface area contributed by atoms with Gasteiger partial charge in [-0.1, -0.05) is 19.1 Å². The SMILES string of the molecule is CCc1cc(=O)[nH]c(-c2cccc(NC(=O)[C@H]3NCCO[C@@H]3C)c2)n1. The Morgan fingerprint density at radius 2 is 2.24 bits per heavy atom. The van der Waals surface area contributed by atoms with Crippen LogP contribution in [0.3, 0.4) is 0 Å². The van der Waals surface area contributed by atoms with Crippen molar-refractivity contribution < 1.29 is 9.53 Å². The molecule has 1 saturated heterocycles. The van der Waals surface area contributed by atoms with Crippen LogP contribution in [0.4, 0.5) is 5.69 Å². The number of nitrogens with one attached hydrogen (secondary N) is 3. The lowest BCUT2D eigenvalue weighted by Crippen LogP contribution is -2.53. The number of carbonyl (C=O) groups is 1. The first-order valence-electron chi connectivity index (χ1n) is 8.43. The first-order valence-corrected chi connectivity index (χ1v) is 8.43. The molecule has 0 unspecified atom stereocenters. The maximum Gasteiger partial charge on any atom is 0.251 e. The predicted octanol–water partition coefficient (Wildman–Crippen LogP) is 1.31. The number of aryl methyl sites for hydroxylation is 1. The van der Waals surface area contributed by atoms with Crippen molar-refractivity contribution in [3.63, 3.8) is 0 Å². The van der Waals surface area contributed by atoms with E-state index in [9.17, 15) is 9.59 Å². The Hall–Kier alpha value is -2.51. The molecule has 0 spiro atoms. The number of aromatic amines is 1. The number of ether oxygens (including phenoxy) is 1. The van der Waals surface area contributed by atoms with Crippen LogP contribution in [0.5, 0.6) is 0 Å². The summed E-state index contributed by atoms with van der Waals surface area (Å²) in [5, 5.41) is 6.06. The zero-order valence-corrected chi connectivity index (χ0v) is 14.3. The largest absolute Gasteiger partial charge is 0.375 e. The Kier molecular flexibility index (Phi) is 5.25. The van der Waals surface area contributed by atoms with E-state index in [4.69, 9.17) is 4.74 Å². The van der Waals surface area contributed by atoms with Crippen molar-refractivity contribution in [1.29, 1.82) is 0 Å². The second-order valence-electron chi connectivity index (χ2n) is 6.02. The maximum absolute atomic E-state index is 12.5. The summed E-state index contributed by atoms with van der Waals surface area (Å²) in [5.74, 6) is 0.348. The molecule has 1 aliphatic heterocycles. The number of amides is 1. The molecule has 0 bridgehead atoms. The zero-order valence-electron chi connectivity index (χ0n) is 14.3. The second kappa shape index (κ2) is 7.58. The number of morpholine rings is 1. The van der Waals surface area contributed by atoms with E-state index < -0.39 is 6.04 Å². The first kappa shape index (κ1) is 17.3. The summed E-state index contributed by atoms with van der Waals surface area (Å²) in [6, 6.07) is 8.36. The Bertz CT molecular complexity index is 818. The summed E-state index contributed by atoms with van der Waals surface area (Å²) in [7, 11) is 0. The third-order valence-electron chi connectivity index (χ3n) is 4.16. The van der Waals surface area contributed by atoms with E-state index in [0.29, 0.717) is 31.1 Å². The van der Waals surface area contributed by atoms with Gasteiger partial charge in [-0.25, -0.2) is 4.98 Å². The van der Waals surface area contributed by atoms with Crippen LogP contribution in [0.1, 0.15) is 19.5 Å². The summed E-state index contributed by atoms with van der Waals surface area (Å²) < 4.78 is 5.51. The molecule has 7 heteroatoms. The zero-order chi connectivity index (χ0) is 17.8. The first-order chi connectivity index (χ1) is 12.1. The second-order valence-corrected chi connectivity index (χ2v) is 6.02. The minimum atomic E-state index is -0.390. The Morgan fingerprint density at radius 3 is 3.00 bits per heavy atom. The quantitative estimate of drug-likeness (QED) is 0.779. The molecule has 132 valence electrons. The number of aromatic nitrogens is 2. The number of hydrogen-bond acceptors (Lipinski definition) is 5. The highest BCUT2D eigenvalue weighted by Gasteiger charge is 2.28. The average molecular weight is 342 g/mol. The number of anilines is 1. The normalized spacial score (nSPS) is 20.2. The van der Waals surface area contributed by atoms with E-state index >= 15 is 0 Å². The fourth-order valence-electron chi connectivity index (χ4n) is 2.82. The smallest absolute Gasteiger partial charge is 0.251 e. The van der Waals surface area contributed by atoms with Gasteiger partial charge in [0.25, 0.3) is 5.56 Å². The highest BCUT2D eigenvalue weighted by Crippen LogP contribution is 2.19. The fourth-order valence-corrected chi connectivity index (χ4v) is 2.82. The van der Waals surface area contributed by atoms with Crippen molar-refractivity contribution >= 4 is 11.6 Å². The van der Waals surface area contributed by atoms with E-state index in [2.05, 4.69) is 20.6 Å². The summed E-state index contributed by atoms with van der Waals surface area (Å²) in [6.07, 6.45) is 0.495. The molecule has 0 saturated carbocycles. The van der Waals surface area contributed by atoms with Crippen LogP contribution < -0.4 is 16.2 Å². The fraction of sp³-hybridized carbons (Fsp3) is 0.389. The molecule has 1 amide bonds. The molecule has 7 nitrogen and oxygen atoms in total. The molecule has 2 heterocycles. The van der Waals surface area contributed by atoms with Gasteiger partial charge < -0.3 is 20.4 Å². The number of nitrogens with zero attached hydrogens (tertiary/aromatic N) is 1. The van der Waals surface area contributed by atoms with Crippen molar-refractivity contribution in [2.24, 2.45) is 0 Å². The van der Waals surface area contributed by atoms with E-state index in [1.807, 2.05) is 26.0 Å². The molecule has 0 radical (unpaired) electrons. The van der Waals surface area contributed by atoms with Crippen LogP contribution in [-0.4, -0.2) is 41.2 Å². The van der Waals surface area contributed by atoms with E-state index in [1.165, 1.54) is 6.07 Å². The van der Waals surface area contributed by atoms with Crippen LogP contribution in [-0.2, 0) is 16.0 Å². The van der Waals surface area contributed by atoms with Crippen LogP contribution in [0.2, 0.25) is 0 Å². The van der Waals surface area contributed by atoms with Crippen molar-refractivity contribution in [2.75, 3.05) is 18.5 Å². The van der Waals surface area contributed by atoms with Gasteiger partial charge in [0.1, 0.15) is 11.9 Å². The number of H-pyrrole nitrogens is 1. The van der Waals surface area contributed by atoms with Gasteiger partial charge in [-0.2, -0.15) is 0 Å². The van der Waals surface area contributed by atoms with Crippen molar-refractivity contribution in [1.82, 2.24) is 15.3 Å². The molecule has 1 aromatic carbocycles. The lowest BCUT2D eigenvalue weighted by atomic mass is 10.1. The van der Waals surface area contributed by atoms with Gasteiger partial charge in [0.15, 0.2) is 0 Å². The van der Waals surface area contributed by atoms with Gasteiger partial charge in [-0.15, -0.1) is 0 Å². The molecule has 2 atom stereocenters. The number of benzene rings is 1. The summed E-state index contributed by atoms with van der Waals surface area (Å²) in [5.41, 5.74) is 1.93. The minimum absolute atomic E-state index is 0.145. The number of carbonyl (C=O) groups excluding carboxylic acids is 1. The minimum Gasteiger partial charge on any atom is -0.375 e. The molecular weight excluding hydrogens is 320 g/mol. The van der Waals surface area contributed by atoms with Gasteiger partial charge in [0.2, 0.25) is 5.91 Å². The van der Waals surface area contributed by atoms with E-state index in [0.717, 1.165) is 11.3 Å². The molecule has 1 aliphatic rings. The molecule has 0 aliphatic carbocycles. The lowest BCUT2D eigenvalue weighted by Gasteiger charge is -2.29. The van der Waals surface area contributed by atoms with Crippen molar-refractivity contribution in [3.05, 3.63) is 46.4 Å². The number of hydrogen-bond donors (Lipinski definition) is 3. The van der Waals surface area contributed by atoms with Gasteiger partial charge in [0.05, 0.1) is 12.7 Å². The van der Waals surface area contributed by atoms with Crippen LogP contribution in [0, 0.1) is 0 Å². The third kappa shape index (κ3) is 4.12. The molecule has 1 fully saturated rings. The van der Waals surface area contributed by atoms with E-state index in [-0.39, 0.29) is 17.6 Å². The van der Waals surface area contributed by atoms with Gasteiger partial charge in [-0.3, -0.25) is 9.59 Å². The number of rotatable bonds is 4. The Labute approximate surface area is 145 Å². The maximum atomic E-state index is 12.5. The summed E-state index contributed by atoms with van der Waals surface area (Å²) in [4.78, 5) is 31.4. The molecule has 3 rings (SSSR count). The highest BCUT2D eigenvalue weighted by molar-refractivity contribution is 5.95. The van der Waals surface area contributed by atoms with Crippen molar-refractivity contribution in [2.45, 2.75) is 32.4 Å².